The van der Waals surface area contributed by atoms with Crippen LogP contribution in [-0.2, 0) is 7.05 Å². The van der Waals surface area contributed by atoms with E-state index in [4.69, 9.17) is 10.2 Å². The van der Waals surface area contributed by atoms with E-state index in [2.05, 4.69) is 15.4 Å². The lowest BCUT2D eigenvalue weighted by molar-refractivity contribution is 0.0755. The maximum atomic E-state index is 12.9. The molecular weight excluding hydrogens is 408 g/mol. The van der Waals surface area contributed by atoms with Gasteiger partial charge in [0.2, 0.25) is 0 Å². The van der Waals surface area contributed by atoms with Gasteiger partial charge < -0.3 is 20.4 Å². The lowest BCUT2D eigenvalue weighted by atomic mass is 10.1. The van der Waals surface area contributed by atoms with Crippen molar-refractivity contribution in [2.75, 3.05) is 18.8 Å². The van der Waals surface area contributed by atoms with E-state index in [1.54, 1.807) is 34.1 Å². The first-order chi connectivity index (χ1) is 15.5. The number of amides is 2. The first kappa shape index (κ1) is 19.8. The Labute approximate surface area is 183 Å². The van der Waals surface area contributed by atoms with Crippen LogP contribution in [0.15, 0.2) is 59.4 Å². The molecule has 1 aliphatic rings. The topological polar surface area (TPSA) is 119 Å². The molecule has 0 spiro atoms. The minimum atomic E-state index is -0.316. The van der Waals surface area contributed by atoms with E-state index < -0.39 is 0 Å². The molecule has 3 aromatic heterocycles. The molecule has 0 unspecified atom stereocenters. The number of benzene rings is 1. The minimum absolute atomic E-state index is 0.156. The number of likely N-dealkylation sites (tertiary alicyclic amines) is 1. The Balaban J connectivity index is 1.27. The Morgan fingerprint density at radius 1 is 1.19 bits per heavy atom. The summed E-state index contributed by atoms with van der Waals surface area (Å²) in [5, 5.41) is 8.01. The molecule has 1 aromatic carbocycles. The number of hydrogen-bond donors (Lipinski definition) is 2. The molecule has 0 bridgehead atoms. The summed E-state index contributed by atoms with van der Waals surface area (Å²) in [6, 6.07) is 10.8. The number of para-hydroxylation sites is 1. The molecule has 3 N–H and O–H groups in total. The summed E-state index contributed by atoms with van der Waals surface area (Å²) >= 11 is 0. The molecule has 1 atom stereocenters. The van der Waals surface area contributed by atoms with E-state index in [0.717, 1.165) is 16.5 Å². The summed E-state index contributed by atoms with van der Waals surface area (Å²) in [6.07, 6.45) is 5.81. The third kappa shape index (κ3) is 3.68. The SMILES string of the molecule is Cn1cc(-c2cnc(N)c(C(=O)N[C@@H]3CCN(C(=O)c4cc5ccccc5o4)C3)c2)cn1. The number of aryl methyl sites for hydroxylation is 1. The van der Waals surface area contributed by atoms with E-state index in [9.17, 15) is 9.59 Å². The molecular formula is C23H22N6O3. The third-order valence-electron chi connectivity index (χ3n) is 5.65. The maximum absolute atomic E-state index is 12.9. The van der Waals surface area contributed by atoms with Crippen molar-refractivity contribution in [3.63, 3.8) is 0 Å². The monoisotopic (exact) mass is 430 g/mol. The van der Waals surface area contributed by atoms with Crippen LogP contribution in [-0.4, -0.2) is 50.6 Å². The van der Waals surface area contributed by atoms with Gasteiger partial charge in [-0.25, -0.2) is 4.98 Å². The van der Waals surface area contributed by atoms with Crippen LogP contribution in [0, 0.1) is 0 Å². The average Bonchev–Trinajstić information content (AvgIpc) is 3.53. The van der Waals surface area contributed by atoms with Crippen molar-refractivity contribution in [3.05, 3.63) is 66.3 Å². The van der Waals surface area contributed by atoms with Gasteiger partial charge in [0.25, 0.3) is 11.8 Å². The zero-order chi connectivity index (χ0) is 22.2. The van der Waals surface area contributed by atoms with Crippen LogP contribution in [0.1, 0.15) is 27.3 Å². The number of nitrogens with zero attached hydrogens (tertiary/aromatic N) is 4. The van der Waals surface area contributed by atoms with E-state index in [-0.39, 0.29) is 23.7 Å². The molecule has 4 aromatic rings. The van der Waals surface area contributed by atoms with Crippen LogP contribution in [0.5, 0.6) is 0 Å². The number of furan rings is 1. The largest absolute Gasteiger partial charge is 0.451 e. The predicted octanol–water partition coefficient (Wildman–Crippen LogP) is 2.46. The van der Waals surface area contributed by atoms with Crippen LogP contribution < -0.4 is 11.1 Å². The number of aromatic nitrogens is 3. The molecule has 0 aliphatic carbocycles. The number of carbonyl (C=O) groups excluding carboxylic acids is 2. The Morgan fingerprint density at radius 2 is 2.03 bits per heavy atom. The van der Waals surface area contributed by atoms with Crippen molar-refractivity contribution in [3.8, 4) is 11.1 Å². The van der Waals surface area contributed by atoms with Crippen LogP contribution in [0.4, 0.5) is 5.82 Å². The quantitative estimate of drug-likeness (QED) is 0.513. The Kier molecular flexibility index (Phi) is 4.85. The van der Waals surface area contributed by atoms with Crippen molar-refractivity contribution >= 4 is 28.6 Å². The van der Waals surface area contributed by atoms with Gasteiger partial charge in [0, 0.05) is 55.1 Å². The number of nitrogens with one attached hydrogen (secondary N) is 1. The van der Waals surface area contributed by atoms with Crippen molar-refractivity contribution in [2.24, 2.45) is 7.05 Å². The summed E-state index contributed by atoms with van der Waals surface area (Å²) in [7, 11) is 1.82. The highest BCUT2D eigenvalue weighted by molar-refractivity contribution is 6.00. The lowest BCUT2D eigenvalue weighted by Gasteiger charge is -2.16. The van der Waals surface area contributed by atoms with E-state index in [0.29, 0.717) is 36.4 Å². The smallest absolute Gasteiger partial charge is 0.289 e. The van der Waals surface area contributed by atoms with Crippen LogP contribution in [0.3, 0.4) is 0 Å². The maximum Gasteiger partial charge on any atom is 0.289 e. The first-order valence-electron chi connectivity index (χ1n) is 10.3. The summed E-state index contributed by atoms with van der Waals surface area (Å²) in [6.45, 7) is 0.932. The predicted molar refractivity (Wildman–Crippen MR) is 119 cm³/mol. The zero-order valence-electron chi connectivity index (χ0n) is 17.5. The molecule has 0 saturated carbocycles. The summed E-state index contributed by atoms with van der Waals surface area (Å²) in [5.74, 6) is -0.0411. The number of rotatable bonds is 4. The molecule has 32 heavy (non-hydrogen) atoms. The highest BCUT2D eigenvalue weighted by atomic mass is 16.3. The van der Waals surface area contributed by atoms with Gasteiger partial charge in [-0.2, -0.15) is 5.10 Å². The van der Waals surface area contributed by atoms with E-state index in [1.165, 1.54) is 0 Å². The summed E-state index contributed by atoms with van der Waals surface area (Å²) in [4.78, 5) is 31.6. The zero-order valence-corrected chi connectivity index (χ0v) is 17.5. The van der Waals surface area contributed by atoms with E-state index >= 15 is 0 Å². The molecule has 1 fully saturated rings. The molecule has 162 valence electrons. The molecule has 0 radical (unpaired) electrons. The number of nitrogens with two attached hydrogens (primary N) is 1. The van der Waals surface area contributed by atoms with Gasteiger partial charge in [0.05, 0.1) is 11.8 Å². The van der Waals surface area contributed by atoms with Crippen molar-refractivity contribution in [1.82, 2.24) is 25.0 Å². The number of pyridine rings is 1. The molecule has 5 rings (SSSR count). The fraction of sp³-hybridized carbons (Fsp3) is 0.217. The molecule has 1 aliphatic heterocycles. The lowest BCUT2D eigenvalue weighted by Crippen LogP contribution is -2.38. The average molecular weight is 430 g/mol. The van der Waals surface area contributed by atoms with Gasteiger partial charge in [-0.1, -0.05) is 18.2 Å². The van der Waals surface area contributed by atoms with Crippen LogP contribution in [0.2, 0.25) is 0 Å². The van der Waals surface area contributed by atoms with Crippen molar-refractivity contribution < 1.29 is 14.0 Å². The fourth-order valence-electron chi connectivity index (χ4n) is 3.95. The molecule has 9 nitrogen and oxygen atoms in total. The molecule has 9 heteroatoms. The van der Waals surface area contributed by atoms with Gasteiger partial charge in [-0.05, 0) is 24.6 Å². The summed E-state index contributed by atoms with van der Waals surface area (Å²) in [5.41, 5.74) is 8.54. The molecule has 4 heterocycles. The Bertz CT molecular complexity index is 1290. The second-order valence-corrected chi connectivity index (χ2v) is 7.92. The van der Waals surface area contributed by atoms with Gasteiger partial charge in [-0.15, -0.1) is 0 Å². The molecule has 1 saturated heterocycles. The number of carbonyl (C=O) groups is 2. The van der Waals surface area contributed by atoms with Gasteiger partial charge in [0.1, 0.15) is 11.4 Å². The third-order valence-corrected chi connectivity index (χ3v) is 5.65. The minimum Gasteiger partial charge on any atom is -0.451 e. The normalized spacial score (nSPS) is 15.9. The van der Waals surface area contributed by atoms with Crippen LogP contribution in [0.25, 0.3) is 22.1 Å². The second kappa shape index (κ2) is 7.84. The number of fused-ring (bicyclic) bond motifs is 1. The van der Waals surface area contributed by atoms with Gasteiger partial charge in [-0.3, -0.25) is 14.3 Å². The fourth-order valence-corrected chi connectivity index (χ4v) is 3.95. The van der Waals surface area contributed by atoms with Crippen molar-refractivity contribution in [2.45, 2.75) is 12.5 Å². The van der Waals surface area contributed by atoms with Gasteiger partial charge >= 0.3 is 0 Å². The summed E-state index contributed by atoms with van der Waals surface area (Å²) < 4.78 is 7.37. The highest BCUT2D eigenvalue weighted by Gasteiger charge is 2.30. The Hall–Kier alpha value is -4.14. The number of hydrogen-bond acceptors (Lipinski definition) is 6. The number of anilines is 1. The van der Waals surface area contributed by atoms with Crippen molar-refractivity contribution in [1.29, 1.82) is 0 Å². The Morgan fingerprint density at radius 3 is 2.81 bits per heavy atom. The standard InChI is InChI=1S/C23H22N6O3/c1-28-12-16(11-26-28)15-8-18(21(24)25-10-15)22(30)27-17-6-7-29(13-17)23(31)20-9-14-4-2-3-5-19(14)32-20/h2-5,8-12,17H,6-7,13H2,1H3,(H2,24,25)(H,27,30)/t17-/m1/s1. The van der Waals surface area contributed by atoms with E-state index in [1.807, 2.05) is 37.5 Å². The van der Waals surface area contributed by atoms with Crippen LogP contribution >= 0.6 is 0 Å². The highest BCUT2D eigenvalue weighted by Crippen LogP contribution is 2.23. The van der Waals surface area contributed by atoms with Gasteiger partial charge in [0.15, 0.2) is 5.76 Å². The second-order valence-electron chi connectivity index (χ2n) is 7.92. The number of nitrogen functional groups attached to an aromatic ring is 1. The first-order valence-corrected chi connectivity index (χ1v) is 10.3. The molecule has 2 amide bonds.